The van der Waals surface area contributed by atoms with E-state index in [1.807, 2.05) is 0 Å². The van der Waals surface area contributed by atoms with Crippen molar-refractivity contribution in [2.24, 2.45) is 0 Å². The van der Waals surface area contributed by atoms with E-state index in [9.17, 15) is 4.79 Å². The lowest BCUT2D eigenvalue weighted by molar-refractivity contribution is 0.0563. The van der Waals surface area contributed by atoms with Gasteiger partial charge in [0.2, 0.25) is 5.76 Å². The van der Waals surface area contributed by atoms with Crippen molar-refractivity contribution in [1.82, 2.24) is 5.32 Å². The van der Waals surface area contributed by atoms with Gasteiger partial charge in [-0.3, -0.25) is 0 Å². The lowest BCUT2D eigenvalue weighted by atomic mass is 10.2. The molecule has 0 unspecified atom stereocenters. The molecular weight excluding hydrogens is 218 g/mol. The van der Waals surface area contributed by atoms with Crippen molar-refractivity contribution >= 4 is 5.97 Å². The predicted octanol–water partition coefficient (Wildman–Crippen LogP) is 1.96. The van der Waals surface area contributed by atoms with Crippen molar-refractivity contribution < 1.29 is 13.9 Å². The van der Waals surface area contributed by atoms with Crippen LogP contribution >= 0.6 is 0 Å². The van der Waals surface area contributed by atoms with Gasteiger partial charge in [0.1, 0.15) is 0 Å². The van der Waals surface area contributed by atoms with Gasteiger partial charge in [-0.05, 0) is 25.5 Å². The lowest BCUT2D eigenvalue weighted by Crippen LogP contribution is -2.16. The molecule has 0 atom stereocenters. The van der Waals surface area contributed by atoms with E-state index in [0.29, 0.717) is 6.54 Å². The second-order valence-corrected chi connectivity index (χ2v) is 3.60. The summed E-state index contributed by atoms with van der Waals surface area (Å²) in [7, 11) is 1.34. The molecule has 0 saturated heterocycles. The molecule has 1 aromatic heterocycles. The topological polar surface area (TPSA) is 51.5 Å². The summed E-state index contributed by atoms with van der Waals surface area (Å²) in [5.41, 5.74) is 0.814. The fourth-order valence-corrected chi connectivity index (χ4v) is 1.45. The Morgan fingerprint density at radius 3 is 3.12 bits per heavy atom. The molecule has 0 bridgehead atoms. The third-order valence-corrected chi connectivity index (χ3v) is 2.36. The summed E-state index contributed by atoms with van der Waals surface area (Å²) >= 11 is 0. The number of carbonyl (C=O) groups excluding carboxylic acids is 1. The van der Waals surface area contributed by atoms with Crippen LogP contribution in [0.1, 0.15) is 35.4 Å². The van der Waals surface area contributed by atoms with Crippen molar-refractivity contribution in [1.29, 1.82) is 0 Å². The highest BCUT2D eigenvalue weighted by Gasteiger charge is 2.14. The molecule has 1 aromatic rings. The van der Waals surface area contributed by atoms with E-state index in [2.05, 4.69) is 16.0 Å². The Balaban J connectivity index is 2.30. The van der Waals surface area contributed by atoms with Gasteiger partial charge in [-0.15, -0.1) is 12.3 Å². The van der Waals surface area contributed by atoms with Gasteiger partial charge in [-0.2, -0.15) is 0 Å². The molecule has 92 valence electrons. The van der Waals surface area contributed by atoms with E-state index in [1.54, 1.807) is 6.07 Å². The van der Waals surface area contributed by atoms with Crippen LogP contribution in [-0.4, -0.2) is 19.6 Å². The minimum absolute atomic E-state index is 0.267. The Hall–Kier alpha value is -1.73. The predicted molar refractivity (Wildman–Crippen MR) is 64.4 cm³/mol. The largest absolute Gasteiger partial charge is 0.463 e. The van der Waals surface area contributed by atoms with Crippen molar-refractivity contribution in [3.8, 4) is 12.3 Å². The number of furan rings is 1. The summed E-state index contributed by atoms with van der Waals surface area (Å²) in [4.78, 5) is 11.3. The number of hydrogen-bond donors (Lipinski definition) is 1. The molecule has 0 aliphatic heterocycles. The van der Waals surface area contributed by atoms with Crippen LogP contribution in [0.25, 0.3) is 0 Å². The van der Waals surface area contributed by atoms with E-state index >= 15 is 0 Å². The van der Waals surface area contributed by atoms with Crippen LogP contribution in [0, 0.1) is 12.3 Å². The van der Waals surface area contributed by atoms with Gasteiger partial charge >= 0.3 is 5.97 Å². The standard InChI is InChI=1S/C13H17NO3/c1-3-4-5-6-8-14-10-11-7-9-17-12(11)13(15)16-2/h1,7,9,14H,4-6,8,10H2,2H3. The molecule has 1 N–H and O–H groups in total. The molecule has 1 rings (SSSR count). The smallest absolute Gasteiger partial charge is 0.374 e. The van der Waals surface area contributed by atoms with Gasteiger partial charge in [-0.25, -0.2) is 4.79 Å². The summed E-state index contributed by atoms with van der Waals surface area (Å²) < 4.78 is 9.68. The number of hydrogen-bond acceptors (Lipinski definition) is 4. The normalized spacial score (nSPS) is 9.88. The first-order chi connectivity index (χ1) is 8.29. The van der Waals surface area contributed by atoms with Crippen molar-refractivity contribution in [2.45, 2.75) is 25.8 Å². The second kappa shape index (κ2) is 7.53. The molecule has 0 aliphatic carbocycles. The Morgan fingerprint density at radius 1 is 1.59 bits per heavy atom. The summed E-state index contributed by atoms with van der Waals surface area (Å²) in [6, 6.07) is 1.76. The van der Waals surface area contributed by atoms with Gasteiger partial charge < -0.3 is 14.5 Å². The zero-order valence-corrected chi connectivity index (χ0v) is 9.99. The fraction of sp³-hybridized carbons (Fsp3) is 0.462. The minimum atomic E-state index is -0.445. The molecule has 0 spiro atoms. The Morgan fingerprint density at radius 2 is 2.41 bits per heavy atom. The van der Waals surface area contributed by atoms with Gasteiger partial charge in [0.15, 0.2) is 0 Å². The molecule has 0 aromatic carbocycles. The van der Waals surface area contributed by atoms with Crippen molar-refractivity contribution in [2.75, 3.05) is 13.7 Å². The first kappa shape index (κ1) is 13.3. The molecule has 4 nitrogen and oxygen atoms in total. The van der Waals surface area contributed by atoms with Crippen LogP contribution in [0.4, 0.5) is 0 Å². The van der Waals surface area contributed by atoms with Crippen LogP contribution in [-0.2, 0) is 11.3 Å². The van der Waals surface area contributed by atoms with Crippen LogP contribution < -0.4 is 5.32 Å². The molecule has 4 heteroatoms. The zero-order valence-electron chi connectivity index (χ0n) is 9.99. The first-order valence-corrected chi connectivity index (χ1v) is 5.58. The lowest BCUT2D eigenvalue weighted by Gasteiger charge is -2.03. The maximum absolute atomic E-state index is 11.3. The van der Waals surface area contributed by atoms with Gasteiger partial charge in [0.05, 0.1) is 13.4 Å². The highest BCUT2D eigenvalue weighted by molar-refractivity contribution is 5.87. The summed E-state index contributed by atoms with van der Waals surface area (Å²) in [6.45, 7) is 1.46. The number of nitrogens with one attached hydrogen (secondary N) is 1. The van der Waals surface area contributed by atoms with E-state index in [-0.39, 0.29) is 5.76 Å². The highest BCUT2D eigenvalue weighted by Crippen LogP contribution is 2.11. The van der Waals surface area contributed by atoms with E-state index in [4.69, 9.17) is 10.8 Å². The Bertz CT molecular complexity index is 390. The monoisotopic (exact) mass is 235 g/mol. The Kier molecular flexibility index (Phi) is 5.91. The average molecular weight is 235 g/mol. The number of esters is 1. The van der Waals surface area contributed by atoms with Crippen LogP contribution in [0.15, 0.2) is 16.7 Å². The van der Waals surface area contributed by atoms with Crippen LogP contribution in [0.5, 0.6) is 0 Å². The summed E-state index contributed by atoms with van der Waals surface area (Å²) in [6.07, 6.45) is 9.48. The number of carbonyl (C=O) groups is 1. The minimum Gasteiger partial charge on any atom is -0.463 e. The average Bonchev–Trinajstić information content (AvgIpc) is 2.81. The van der Waals surface area contributed by atoms with Crippen molar-refractivity contribution in [3.63, 3.8) is 0 Å². The maximum Gasteiger partial charge on any atom is 0.374 e. The SMILES string of the molecule is C#CCCCCNCc1ccoc1C(=O)OC. The molecule has 0 radical (unpaired) electrons. The third kappa shape index (κ3) is 4.33. The third-order valence-electron chi connectivity index (χ3n) is 2.36. The molecule has 0 fully saturated rings. The molecule has 0 amide bonds. The van der Waals surface area contributed by atoms with Gasteiger partial charge in [0, 0.05) is 18.5 Å². The number of rotatable bonds is 7. The summed E-state index contributed by atoms with van der Waals surface area (Å²) in [5.74, 6) is 2.42. The van der Waals surface area contributed by atoms with E-state index in [1.165, 1.54) is 13.4 Å². The molecule has 17 heavy (non-hydrogen) atoms. The van der Waals surface area contributed by atoms with Gasteiger partial charge in [0.25, 0.3) is 0 Å². The fourth-order valence-electron chi connectivity index (χ4n) is 1.45. The number of methoxy groups -OCH3 is 1. The molecular formula is C13H17NO3. The van der Waals surface area contributed by atoms with E-state index in [0.717, 1.165) is 31.4 Å². The first-order valence-electron chi connectivity index (χ1n) is 5.58. The molecule has 0 aliphatic rings. The van der Waals surface area contributed by atoms with Gasteiger partial charge in [-0.1, -0.05) is 0 Å². The zero-order chi connectivity index (χ0) is 12.5. The van der Waals surface area contributed by atoms with Crippen molar-refractivity contribution in [3.05, 3.63) is 23.7 Å². The number of unbranched alkanes of at least 4 members (excludes halogenated alkanes) is 2. The Labute approximate surface area is 101 Å². The summed E-state index contributed by atoms with van der Waals surface area (Å²) in [5, 5.41) is 3.23. The molecule has 0 saturated carbocycles. The second-order valence-electron chi connectivity index (χ2n) is 3.60. The highest BCUT2D eigenvalue weighted by atomic mass is 16.5. The number of terminal acetylenes is 1. The molecule has 1 heterocycles. The van der Waals surface area contributed by atoms with Crippen LogP contribution in [0.2, 0.25) is 0 Å². The van der Waals surface area contributed by atoms with Crippen LogP contribution in [0.3, 0.4) is 0 Å². The van der Waals surface area contributed by atoms with E-state index < -0.39 is 5.97 Å². The number of ether oxygens (including phenoxy) is 1. The maximum atomic E-state index is 11.3. The quantitative estimate of drug-likeness (QED) is 0.446.